The molecule has 0 atom stereocenters. The van der Waals surface area contributed by atoms with Crippen molar-refractivity contribution < 1.29 is 14.3 Å². The molecule has 35 heavy (non-hydrogen) atoms. The first-order valence-electron chi connectivity index (χ1n) is 10.8. The average molecular weight is 505 g/mol. The zero-order valence-corrected chi connectivity index (χ0v) is 20.4. The molecule has 4 rings (SSSR count). The number of carbonyl (C=O) groups is 1. The van der Waals surface area contributed by atoms with Crippen LogP contribution in [-0.2, 0) is 6.61 Å². The molecule has 176 valence electrons. The molecule has 0 heterocycles. The zero-order valence-electron chi connectivity index (χ0n) is 18.9. The lowest BCUT2D eigenvalue weighted by Crippen LogP contribution is -2.17. The van der Waals surface area contributed by atoms with Crippen molar-refractivity contribution in [1.82, 2.24) is 5.43 Å². The maximum atomic E-state index is 12.4. The summed E-state index contributed by atoms with van der Waals surface area (Å²) in [6.07, 6.45) is 1.56. The predicted octanol–water partition coefficient (Wildman–Crippen LogP) is 7.44. The Kier molecular flexibility index (Phi) is 8.03. The molecule has 0 aliphatic rings. The standard InChI is InChI=1S/C28H22Cl2N2O3/c1-19-15-25(13-14-27(19)30)34-18-20-5-7-22(8-6-20)28(33)32-31-17-21-3-2-4-26(16-21)35-24-11-9-23(29)10-12-24/h2-17H,18H2,1H3,(H,32,33)/b31-17-. The number of ether oxygens (including phenoxy) is 2. The van der Waals surface area contributed by atoms with Crippen LogP contribution in [0, 0.1) is 6.92 Å². The van der Waals surface area contributed by atoms with Gasteiger partial charge in [-0.05, 0) is 90.3 Å². The third kappa shape index (κ3) is 7.09. The van der Waals surface area contributed by atoms with Crippen molar-refractivity contribution in [3.8, 4) is 17.2 Å². The number of nitrogens with one attached hydrogen (secondary N) is 1. The van der Waals surface area contributed by atoms with Crippen LogP contribution in [0.2, 0.25) is 10.0 Å². The molecule has 4 aromatic carbocycles. The number of rotatable bonds is 8. The molecule has 0 bridgehead atoms. The molecule has 0 aliphatic carbocycles. The van der Waals surface area contributed by atoms with Gasteiger partial charge in [0, 0.05) is 15.6 Å². The Morgan fingerprint density at radius 2 is 1.63 bits per heavy atom. The molecule has 1 N–H and O–H groups in total. The van der Waals surface area contributed by atoms with Crippen LogP contribution < -0.4 is 14.9 Å². The highest BCUT2D eigenvalue weighted by Crippen LogP contribution is 2.24. The summed E-state index contributed by atoms with van der Waals surface area (Å²) in [4.78, 5) is 12.4. The Bertz CT molecular complexity index is 1340. The lowest BCUT2D eigenvalue weighted by atomic mass is 10.1. The predicted molar refractivity (Wildman–Crippen MR) is 140 cm³/mol. The van der Waals surface area contributed by atoms with Gasteiger partial charge in [-0.25, -0.2) is 5.43 Å². The van der Waals surface area contributed by atoms with E-state index in [9.17, 15) is 4.79 Å². The van der Waals surface area contributed by atoms with Crippen molar-refractivity contribution >= 4 is 35.3 Å². The van der Waals surface area contributed by atoms with Crippen molar-refractivity contribution in [3.63, 3.8) is 0 Å². The van der Waals surface area contributed by atoms with E-state index in [1.54, 1.807) is 42.6 Å². The lowest BCUT2D eigenvalue weighted by molar-refractivity contribution is 0.0955. The number of halogens is 2. The minimum atomic E-state index is -0.310. The van der Waals surface area contributed by atoms with Gasteiger partial charge in [0.25, 0.3) is 5.91 Å². The smallest absolute Gasteiger partial charge is 0.271 e. The van der Waals surface area contributed by atoms with E-state index in [2.05, 4.69) is 10.5 Å². The van der Waals surface area contributed by atoms with Crippen LogP contribution in [0.25, 0.3) is 0 Å². The molecule has 1 amide bonds. The van der Waals surface area contributed by atoms with Crippen LogP contribution in [0.4, 0.5) is 0 Å². The van der Waals surface area contributed by atoms with Gasteiger partial charge in [-0.3, -0.25) is 4.79 Å². The first kappa shape index (κ1) is 24.3. The molecular formula is C28H22Cl2N2O3. The van der Waals surface area contributed by atoms with Gasteiger partial charge in [0.2, 0.25) is 0 Å². The van der Waals surface area contributed by atoms with Gasteiger partial charge < -0.3 is 9.47 Å². The van der Waals surface area contributed by atoms with E-state index >= 15 is 0 Å². The summed E-state index contributed by atoms with van der Waals surface area (Å²) < 4.78 is 11.6. The van der Waals surface area contributed by atoms with Crippen LogP contribution in [0.15, 0.2) is 96.1 Å². The summed E-state index contributed by atoms with van der Waals surface area (Å²) in [5, 5.41) is 5.40. The SMILES string of the molecule is Cc1cc(OCc2ccc(C(=O)N/N=C\c3cccc(Oc4ccc(Cl)cc4)c3)cc2)ccc1Cl. The normalized spacial score (nSPS) is 10.8. The van der Waals surface area contributed by atoms with Crippen LogP contribution >= 0.6 is 23.2 Å². The number of hydrogen-bond acceptors (Lipinski definition) is 4. The van der Waals surface area contributed by atoms with Crippen molar-refractivity contribution in [1.29, 1.82) is 0 Å². The second-order valence-corrected chi connectivity index (χ2v) is 8.57. The summed E-state index contributed by atoms with van der Waals surface area (Å²) in [6, 6.07) is 27.2. The summed E-state index contributed by atoms with van der Waals surface area (Å²) in [5.41, 5.74) is 5.71. The Morgan fingerprint density at radius 3 is 2.37 bits per heavy atom. The van der Waals surface area contributed by atoms with E-state index in [0.29, 0.717) is 33.7 Å². The Morgan fingerprint density at radius 1 is 0.886 bits per heavy atom. The van der Waals surface area contributed by atoms with Crippen LogP contribution in [0.5, 0.6) is 17.2 Å². The summed E-state index contributed by atoms with van der Waals surface area (Å²) >= 11 is 11.9. The van der Waals surface area contributed by atoms with Crippen LogP contribution in [0.3, 0.4) is 0 Å². The average Bonchev–Trinajstić information content (AvgIpc) is 2.87. The highest BCUT2D eigenvalue weighted by molar-refractivity contribution is 6.31. The molecule has 0 saturated carbocycles. The Labute approximate surface area is 213 Å². The zero-order chi connectivity index (χ0) is 24.6. The van der Waals surface area contributed by atoms with Gasteiger partial charge in [0.15, 0.2) is 0 Å². The van der Waals surface area contributed by atoms with Crippen molar-refractivity contribution in [3.05, 3.63) is 123 Å². The second-order valence-electron chi connectivity index (χ2n) is 7.72. The summed E-state index contributed by atoms with van der Waals surface area (Å²) in [7, 11) is 0. The third-order valence-corrected chi connectivity index (χ3v) is 5.71. The molecule has 5 nitrogen and oxygen atoms in total. The van der Waals surface area contributed by atoms with Gasteiger partial charge in [-0.1, -0.05) is 47.5 Å². The van der Waals surface area contributed by atoms with Crippen LogP contribution in [-0.4, -0.2) is 12.1 Å². The number of hydrogen-bond donors (Lipinski definition) is 1. The molecule has 0 saturated heterocycles. The number of carbonyl (C=O) groups excluding carboxylic acids is 1. The Hall–Kier alpha value is -3.80. The van der Waals surface area contributed by atoms with Gasteiger partial charge >= 0.3 is 0 Å². The van der Waals surface area contributed by atoms with E-state index in [4.69, 9.17) is 32.7 Å². The van der Waals surface area contributed by atoms with E-state index in [-0.39, 0.29) is 5.91 Å². The Balaban J connectivity index is 1.29. The van der Waals surface area contributed by atoms with Gasteiger partial charge in [-0.15, -0.1) is 0 Å². The first-order chi connectivity index (χ1) is 17.0. The molecule has 0 radical (unpaired) electrons. The fourth-order valence-corrected chi connectivity index (χ4v) is 3.40. The van der Waals surface area contributed by atoms with Gasteiger partial charge in [0.1, 0.15) is 23.9 Å². The fourth-order valence-electron chi connectivity index (χ4n) is 3.15. The molecule has 0 unspecified atom stereocenters. The first-order valence-corrected chi connectivity index (χ1v) is 11.6. The molecule has 7 heteroatoms. The topological polar surface area (TPSA) is 59.9 Å². The van der Waals surface area contributed by atoms with Gasteiger partial charge in [-0.2, -0.15) is 5.10 Å². The van der Waals surface area contributed by atoms with E-state index in [0.717, 1.165) is 22.4 Å². The highest BCUT2D eigenvalue weighted by atomic mass is 35.5. The fraction of sp³-hybridized carbons (Fsp3) is 0.0714. The van der Waals surface area contributed by atoms with E-state index < -0.39 is 0 Å². The number of amides is 1. The number of nitrogens with zero attached hydrogens (tertiary/aromatic N) is 1. The van der Waals surface area contributed by atoms with E-state index in [1.807, 2.05) is 61.5 Å². The largest absolute Gasteiger partial charge is 0.489 e. The van der Waals surface area contributed by atoms with Gasteiger partial charge in [0.05, 0.1) is 6.21 Å². The third-order valence-electron chi connectivity index (χ3n) is 5.04. The molecule has 0 aromatic heterocycles. The molecular weight excluding hydrogens is 483 g/mol. The van der Waals surface area contributed by atoms with Crippen molar-refractivity contribution in [2.24, 2.45) is 5.10 Å². The quantitative estimate of drug-likeness (QED) is 0.200. The molecule has 0 aliphatic heterocycles. The van der Waals surface area contributed by atoms with Crippen LogP contribution in [0.1, 0.15) is 27.0 Å². The maximum absolute atomic E-state index is 12.4. The number of aryl methyl sites for hydroxylation is 1. The lowest BCUT2D eigenvalue weighted by Gasteiger charge is -2.08. The summed E-state index contributed by atoms with van der Waals surface area (Å²) in [5.74, 6) is 1.75. The number of benzene rings is 4. The minimum Gasteiger partial charge on any atom is -0.489 e. The van der Waals surface area contributed by atoms with Crippen molar-refractivity contribution in [2.45, 2.75) is 13.5 Å². The minimum absolute atomic E-state index is 0.310. The van der Waals surface area contributed by atoms with E-state index in [1.165, 1.54) is 0 Å². The number of hydrazone groups is 1. The second kappa shape index (κ2) is 11.6. The highest BCUT2D eigenvalue weighted by Gasteiger charge is 2.05. The van der Waals surface area contributed by atoms with Crippen molar-refractivity contribution in [2.75, 3.05) is 0 Å². The summed E-state index contributed by atoms with van der Waals surface area (Å²) in [6.45, 7) is 2.31. The maximum Gasteiger partial charge on any atom is 0.271 e. The monoisotopic (exact) mass is 504 g/mol. The molecule has 0 spiro atoms. The molecule has 0 fully saturated rings. The molecule has 4 aromatic rings.